The standard InChI is InChI=1S/C17H21ClO/c18-13-4-7-16-8-10-17(11-9-16)19-14-12-15-5-2-1-3-6-15/h8-11,15H,1-3,5-6,12-14H2. The lowest BCUT2D eigenvalue weighted by atomic mass is 9.87. The van der Waals surface area contributed by atoms with Crippen molar-refractivity contribution in [1.29, 1.82) is 0 Å². The fourth-order valence-corrected chi connectivity index (χ4v) is 2.66. The monoisotopic (exact) mass is 276 g/mol. The van der Waals surface area contributed by atoms with Crippen molar-refractivity contribution >= 4 is 11.6 Å². The summed E-state index contributed by atoms with van der Waals surface area (Å²) in [6.07, 6.45) is 8.18. The molecule has 102 valence electrons. The molecule has 0 atom stereocenters. The molecule has 0 heterocycles. The van der Waals surface area contributed by atoms with Crippen LogP contribution in [0.1, 0.15) is 44.1 Å². The van der Waals surface area contributed by atoms with Crippen LogP contribution in [-0.4, -0.2) is 12.5 Å². The minimum Gasteiger partial charge on any atom is -0.494 e. The largest absolute Gasteiger partial charge is 0.494 e. The van der Waals surface area contributed by atoms with Crippen LogP contribution in [0, 0.1) is 17.8 Å². The van der Waals surface area contributed by atoms with Crippen LogP contribution in [0.3, 0.4) is 0 Å². The Morgan fingerprint density at radius 2 is 1.84 bits per heavy atom. The van der Waals surface area contributed by atoms with Gasteiger partial charge in [-0.05, 0) is 36.6 Å². The third kappa shape index (κ3) is 5.17. The molecule has 0 saturated heterocycles. The first kappa shape index (κ1) is 14.3. The Morgan fingerprint density at radius 1 is 1.11 bits per heavy atom. The zero-order valence-electron chi connectivity index (χ0n) is 11.3. The molecule has 0 amide bonds. The first-order valence-electron chi connectivity index (χ1n) is 7.16. The minimum atomic E-state index is 0.375. The summed E-state index contributed by atoms with van der Waals surface area (Å²) < 4.78 is 5.79. The smallest absolute Gasteiger partial charge is 0.119 e. The summed E-state index contributed by atoms with van der Waals surface area (Å²) in [6, 6.07) is 7.93. The van der Waals surface area contributed by atoms with Crippen molar-refractivity contribution in [2.24, 2.45) is 5.92 Å². The van der Waals surface area contributed by atoms with E-state index in [0.29, 0.717) is 5.88 Å². The third-order valence-electron chi connectivity index (χ3n) is 3.67. The number of hydrogen-bond donors (Lipinski definition) is 0. The van der Waals surface area contributed by atoms with Crippen molar-refractivity contribution in [2.45, 2.75) is 38.5 Å². The van der Waals surface area contributed by atoms with Crippen LogP contribution in [0.2, 0.25) is 0 Å². The molecule has 19 heavy (non-hydrogen) atoms. The molecule has 0 spiro atoms. The summed E-state index contributed by atoms with van der Waals surface area (Å²) in [5.74, 6) is 8.03. The Kier molecular flexibility index (Phi) is 6.11. The quantitative estimate of drug-likeness (QED) is 0.576. The highest BCUT2D eigenvalue weighted by molar-refractivity contribution is 6.19. The van der Waals surface area contributed by atoms with E-state index >= 15 is 0 Å². The van der Waals surface area contributed by atoms with Gasteiger partial charge in [0.2, 0.25) is 0 Å². The van der Waals surface area contributed by atoms with Gasteiger partial charge in [0, 0.05) is 5.56 Å². The Hall–Kier alpha value is -1.13. The van der Waals surface area contributed by atoms with E-state index in [4.69, 9.17) is 16.3 Å². The van der Waals surface area contributed by atoms with Gasteiger partial charge < -0.3 is 4.74 Å². The Bertz CT molecular complexity index is 421. The van der Waals surface area contributed by atoms with Crippen LogP contribution < -0.4 is 4.74 Å². The number of hydrogen-bond acceptors (Lipinski definition) is 1. The van der Waals surface area contributed by atoms with E-state index in [2.05, 4.69) is 11.8 Å². The summed E-state index contributed by atoms with van der Waals surface area (Å²) in [6.45, 7) is 0.831. The SMILES string of the molecule is ClCC#Cc1ccc(OCCC2CCCCC2)cc1. The number of rotatable bonds is 4. The Labute approximate surface area is 121 Å². The number of ether oxygens (including phenoxy) is 1. The summed E-state index contributed by atoms with van der Waals surface area (Å²) in [4.78, 5) is 0. The summed E-state index contributed by atoms with van der Waals surface area (Å²) in [5, 5.41) is 0. The second-order valence-electron chi connectivity index (χ2n) is 5.10. The summed E-state index contributed by atoms with van der Waals surface area (Å²) in [5.41, 5.74) is 0.986. The molecule has 0 aromatic heterocycles. The van der Waals surface area contributed by atoms with Crippen molar-refractivity contribution in [3.8, 4) is 17.6 Å². The van der Waals surface area contributed by atoms with Gasteiger partial charge in [0.25, 0.3) is 0 Å². The predicted molar refractivity (Wildman–Crippen MR) is 80.7 cm³/mol. The van der Waals surface area contributed by atoms with E-state index in [0.717, 1.165) is 23.8 Å². The molecule has 0 radical (unpaired) electrons. The van der Waals surface area contributed by atoms with Gasteiger partial charge in [-0.2, -0.15) is 0 Å². The zero-order valence-corrected chi connectivity index (χ0v) is 12.1. The maximum atomic E-state index is 5.79. The van der Waals surface area contributed by atoms with Crippen LogP contribution in [-0.2, 0) is 0 Å². The zero-order chi connectivity index (χ0) is 13.3. The molecule has 1 nitrogen and oxygen atoms in total. The predicted octanol–water partition coefficient (Wildman–Crippen LogP) is 4.63. The van der Waals surface area contributed by atoms with Crippen LogP contribution >= 0.6 is 11.6 Å². The average molecular weight is 277 g/mol. The molecule has 0 N–H and O–H groups in total. The van der Waals surface area contributed by atoms with Gasteiger partial charge in [-0.15, -0.1) is 11.6 Å². The highest BCUT2D eigenvalue weighted by Crippen LogP contribution is 2.26. The van der Waals surface area contributed by atoms with E-state index in [1.807, 2.05) is 24.3 Å². The summed E-state index contributed by atoms with van der Waals surface area (Å²) in [7, 11) is 0. The molecule has 1 fully saturated rings. The lowest BCUT2D eigenvalue weighted by Crippen LogP contribution is -2.10. The van der Waals surface area contributed by atoms with Gasteiger partial charge >= 0.3 is 0 Å². The molecule has 1 saturated carbocycles. The Balaban J connectivity index is 1.73. The highest BCUT2D eigenvalue weighted by Gasteiger charge is 2.12. The van der Waals surface area contributed by atoms with Crippen LogP contribution in [0.4, 0.5) is 0 Å². The van der Waals surface area contributed by atoms with Crippen molar-refractivity contribution in [1.82, 2.24) is 0 Å². The topological polar surface area (TPSA) is 9.23 Å². The van der Waals surface area contributed by atoms with Gasteiger partial charge in [0.1, 0.15) is 5.75 Å². The Morgan fingerprint density at radius 3 is 2.53 bits per heavy atom. The van der Waals surface area contributed by atoms with Crippen LogP contribution in [0.25, 0.3) is 0 Å². The average Bonchev–Trinajstić information content (AvgIpc) is 2.47. The maximum Gasteiger partial charge on any atom is 0.119 e. The lowest BCUT2D eigenvalue weighted by molar-refractivity contribution is 0.246. The second-order valence-corrected chi connectivity index (χ2v) is 5.37. The van der Waals surface area contributed by atoms with Crippen LogP contribution in [0.5, 0.6) is 5.75 Å². The van der Waals surface area contributed by atoms with E-state index in [1.54, 1.807) is 0 Å². The molecule has 0 unspecified atom stereocenters. The van der Waals surface area contributed by atoms with Crippen molar-refractivity contribution in [3.63, 3.8) is 0 Å². The molecule has 2 heteroatoms. The minimum absolute atomic E-state index is 0.375. The van der Waals surface area contributed by atoms with Gasteiger partial charge in [-0.25, -0.2) is 0 Å². The van der Waals surface area contributed by atoms with Gasteiger partial charge in [-0.1, -0.05) is 43.9 Å². The molecule has 2 rings (SSSR count). The lowest BCUT2D eigenvalue weighted by Gasteiger charge is -2.21. The molecule has 1 aromatic rings. The first-order chi connectivity index (χ1) is 9.38. The van der Waals surface area contributed by atoms with Gasteiger partial charge in [0.05, 0.1) is 12.5 Å². The van der Waals surface area contributed by atoms with E-state index in [-0.39, 0.29) is 0 Å². The van der Waals surface area contributed by atoms with E-state index in [9.17, 15) is 0 Å². The van der Waals surface area contributed by atoms with Crippen LogP contribution in [0.15, 0.2) is 24.3 Å². The maximum absolute atomic E-state index is 5.79. The molecule has 1 aliphatic carbocycles. The van der Waals surface area contributed by atoms with Gasteiger partial charge in [-0.3, -0.25) is 0 Å². The van der Waals surface area contributed by atoms with Crippen molar-refractivity contribution in [3.05, 3.63) is 29.8 Å². The van der Waals surface area contributed by atoms with E-state index in [1.165, 1.54) is 38.5 Å². The highest BCUT2D eigenvalue weighted by atomic mass is 35.5. The van der Waals surface area contributed by atoms with E-state index < -0.39 is 0 Å². The molecule has 0 bridgehead atoms. The van der Waals surface area contributed by atoms with Gasteiger partial charge in [0.15, 0.2) is 0 Å². The van der Waals surface area contributed by atoms with Crippen molar-refractivity contribution in [2.75, 3.05) is 12.5 Å². The number of benzene rings is 1. The third-order valence-corrected chi connectivity index (χ3v) is 3.81. The molecule has 0 aliphatic heterocycles. The first-order valence-corrected chi connectivity index (χ1v) is 7.69. The fraction of sp³-hybridized carbons (Fsp3) is 0.529. The molecule has 1 aliphatic rings. The molecular weight excluding hydrogens is 256 g/mol. The second kappa shape index (κ2) is 8.12. The molecular formula is C17H21ClO. The number of alkyl halides is 1. The molecule has 1 aromatic carbocycles. The fourth-order valence-electron chi connectivity index (χ4n) is 2.59. The number of halogens is 1. The normalized spacial score (nSPS) is 15.6. The summed E-state index contributed by atoms with van der Waals surface area (Å²) >= 11 is 5.53. The van der Waals surface area contributed by atoms with Crippen molar-refractivity contribution < 1.29 is 4.74 Å².